The maximum atomic E-state index is 5.39. The molecule has 2 aromatic rings. The number of nitrogens with zero attached hydrogens (tertiary/aromatic N) is 2. The van der Waals surface area contributed by atoms with Gasteiger partial charge in [-0.25, -0.2) is 10.8 Å². The molecule has 0 aliphatic heterocycles. The summed E-state index contributed by atoms with van der Waals surface area (Å²) in [5.41, 5.74) is 7.37. The highest BCUT2D eigenvalue weighted by molar-refractivity contribution is 5.63. The van der Waals surface area contributed by atoms with Crippen LogP contribution in [0.5, 0.6) is 0 Å². The van der Waals surface area contributed by atoms with Crippen molar-refractivity contribution in [2.45, 2.75) is 32.6 Å². The Kier molecular flexibility index (Phi) is 3.52. The van der Waals surface area contributed by atoms with Crippen LogP contribution in [0.3, 0.4) is 0 Å². The van der Waals surface area contributed by atoms with Crippen molar-refractivity contribution in [2.75, 3.05) is 10.7 Å². The number of aromatic nitrogens is 2. The van der Waals surface area contributed by atoms with E-state index in [1.165, 1.54) is 30.4 Å². The number of anilines is 3. The van der Waals surface area contributed by atoms with Crippen molar-refractivity contribution in [3.8, 4) is 0 Å². The molecule has 3 rings (SSSR count). The molecule has 20 heavy (non-hydrogen) atoms. The number of rotatable bonds is 3. The first-order valence-electron chi connectivity index (χ1n) is 6.96. The van der Waals surface area contributed by atoms with Crippen LogP contribution in [0.4, 0.5) is 17.5 Å². The fraction of sp³-hybridized carbons (Fsp3) is 0.333. The van der Waals surface area contributed by atoms with Crippen molar-refractivity contribution in [1.82, 2.24) is 9.97 Å². The molecule has 0 amide bonds. The highest BCUT2D eigenvalue weighted by atomic mass is 15.3. The molecule has 0 spiro atoms. The van der Waals surface area contributed by atoms with Gasteiger partial charge in [-0.2, -0.15) is 4.98 Å². The average molecular weight is 269 g/mol. The minimum absolute atomic E-state index is 0.428. The van der Waals surface area contributed by atoms with E-state index in [1.54, 1.807) is 0 Å². The number of hydrazine groups is 1. The van der Waals surface area contributed by atoms with Crippen molar-refractivity contribution >= 4 is 17.5 Å². The standard InChI is InChI=1S/C15H19N5/c1-10-9-14(19-15(17-10)20-16)18-13-8-4-6-11-5-2-3-7-12(11)13/h4,6,8-9H,2-3,5,7,16H2,1H3,(H2,17,18,19,20). The Balaban J connectivity index is 1.93. The van der Waals surface area contributed by atoms with E-state index in [0.717, 1.165) is 23.6 Å². The highest BCUT2D eigenvalue weighted by Gasteiger charge is 2.13. The highest BCUT2D eigenvalue weighted by Crippen LogP contribution is 2.29. The van der Waals surface area contributed by atoms with E-state index >= 15 is 0 Å². The number of hydrogen-bond donors (Lipinski definition) is 3. The summed E-state index contributed by atoms with van der Waals surface area (Å²) in [6.45, 7) is 1.92. The number of nitrogens with two attached hydrogens (primary N) is 1. The first-order valence-corrected chi connectivity index (χ1v) is 6.96. The number of benzene rings is 1. The van der Waals surface area contributed by atoms with Gasteiger partial charge >= 0.3 is 0 Å². The maximum absolute atomic E-state index is 5.39. The van der Waals surface area contributed by atoms with Crippen LogP contribution in [0.2, 0.25) is 0 Å². The summed E-state index contributed by atoms with van der Waals surface area (Å²) in [4.78, 5) is 8.53. The Morgan fingerprint density at radius 2 is 2.00 bits per heavy atom. The van der Waals surface area contributed by atoms with E-state index in [4.69, 9.17) is 5.84 Å². The second-order valence-corrected chi connectivity index (χ2v) is 5.14. The molecule has 0 saturated carbocycles. The van der Waals surface area contributed by atoms with Crippen molar-refractivity contribution < 1.29 is 0 Å². The van der Waals surface area contributed by atoms with E-state index in [0.29, 0.717) is 5.95 Å². The van der Waals surface area contributed by atoms with Crippen LogP contribution in [-0.2, 0) is 12.8 Å². The molecule has 0 unspecified atom stereocenters. The number of hydrogen-bond acceptors (Lipinski definition) is 5. The molecule has 1 heterocycles. The average Bonchev–Trinajstić information content (AvgIpc) is 2.47. The van der Waals surface area contributed by atoms with Crippen molar-refractivity contribution in [1.29, 1.82) is 0 Å². The van der Waals surface area contributed by atoms with Gasteiger partial charge in [0.05, 0.1) is 0 Å². The summed E-state index contributed by atoms with van der Waals surface area (Å²) in [5.74, 6) is 6.59. The van der Waals surface area contributed by atoms with Gasteiger partial charge in [-0.15, -0.1) is 0 Å². The lowest BCUT2D eigenvalue weighted by Crippen LogP contribution is -2.12. The molecule has 4 N–H and O–H groups in total. The van der Waals surface area contributed by atoms with Crippen LogP contribution < -0.4 is 16.6 Å². The topological polar surface area (TPSA) is 75.9 Å². The van der Waals surface area contributed by atoms with E-state index in [9.17, 15) is 0 Å². The summed E-state index contributed by atoms with van der Waals surface area (Å²) >= 11 is 0. The zero-order valence-electron chi connectivity index (χ0n) is 11.6. The second-order valence-electron chi connectivity index (χ2n) is 5.14. The molecule has 0 saturated heterocycles. The predicted octanol–water partition coefficient (Wildman–Crippen LogP) is 2.69. The number of nitrogens with one attached hydrogen (secondary N) is 2. The number of nitrogen functional groups attached to an aromatic ring is 1. The predicted molar refractivity (Wildman–Crippen MR) is 80.9 cm³/mol. The lowest BCUT2D eigenvalue weighted by molar-refractivity contribution is 0.687. The van der Waals surface area contributed by atoms with Crippen molar-refractivity contribution in [3.05, 3.63) is 41.1 Å². The SMILES string of the molecule is Cc1cc(Nc2cccc3c2CCCC3)nc(NN)n1. The molecule has 1 aliphatic rings. The molecule has 1 aromatic carbocycles. The van der Waals surface area contributed by atoms with Crippen LogP contribution in [-0.4, -0.2) is 9.97 Å². The fourth-order valence-corrected chi connectivity index (χ4v) is 2.73. The molecule has 5 heteroatoms. The van der Waals surface area contributed by atoms with Crippen LogP contribution in [0, 0.1) is 6.92 Å². The first-order chi connectivity index (χ1) is 9.76. The van der Waals surface area contributed by atoms with Gasteiger partial charge in [0.25, 0.3) is 0 Å². The molecular formula is C15H19N5. The van der Waals surface area contributed by atoms with Gasteiger partial charge in [-0.1, -0.05) is 12.1 Å². The Labute approximate surface area is 118 Å². The van der Waals surface area contributed by atoms with Crippen molar-refractivity contribution in [3.63, 3.8) is 0 Å². The van der Waals surface area contributed by atoms with E-state index < -0.39 is 0 Å². The van der Waals surface area contributed by atoms with Crippen LogP contribution in [0.25, 0.3) is 0 Å². The van der Waals surface area contributed by atoms with Gasteiger partial charge in [-0.3, -0.25) is 5.43 Å². The summed E-state index contributed by atoms with van der Waals surface area (Å²) < 4.78 is 0. The minimum Gasteiger partial charge on any atom is -0.340 e. The molecule has 0 atom stereocenters. The fourth-order valence-electron chi connectivity index (χ4n) is 2.73. The van der Waals surface area contributed by atoms with Gasteiger partial charge in [0.1, 0.15) is 5.82 Å². The van der Waals surface area contributed by atoms with Gasteiger partial charge in [-0.05, 0) is 49.8 Å². The Hall–Kier alpha value is -2.14. The monoisotopic (exact) mass is 269 g/mol. The molecule has 1 aliphatic carbocycles. The lowest BCUT2D eigenvalue weighted by atomic mass is 9.90. The Bertz CT molecular complexity index is 624. The summed E-state index contributed by atoms with van der Waals surface area (Å²) in [6, 6.07) is 8.35. The van der Waals surface area contributed by atoms with Gasteiger partial charge in [0.15, 0.2) is 0 Å². The van der Waals surface area contributed by atoms with Crippen LogP contribution in [0.15, 0.2) is 24.3 Å². The maximum Gasteiger partial charge on any atom is 0.239 e. The summed E-state index contributed by atoms with van der Waals surface area (Å²) in [6.07, 6.45) is 4.84. The molecule has 0 radical (unpaired) electrons. The van der Waals surface area contributed by atoms with Gasteiger partial charge in [0.2, 0.25) is 5.95 Å². The molecule has 0 fully saturated rings. The van der Waals surface area contributed by atoms with Gasteiger partial charge < -0.3 is 5.32 Å². The Morgan fingerprint density at radius 1 is 1.15 bits per heavy atom. The zero-order valence-corrected chi connectivity index (χ0v) is 11.6. The zero-order chi connectivity index (χ0) is 13.9. The van der Waals surface area contributed by atoms with Crippen LogP contribution >= 0.6 is 0 Å². The third kappa shape index (κ3) is 2.58. The normalized spacial score (nSPS) is 13.7. The largest absolute Gasteiger partial charge is 0.340 e. The quantitative estimate of drug-likeness (QED) is 0.590. The molecule has 1 aromatic heterocycles. The third-order valence-corrected chi connectivity index (χ3v) is 3.64. The number of fused-ring (bicyclic) bond motifs is 1. The minimum atomic E-state index is 0.428. The second kappa shape index (κ2) is 5.46. The molecule has 0 bridgehead atoms. The third-order valence-electron chi connectivity index (χ3n) is 3.64. The molecular weight excluding hydrogens is 250 g/mol. The lowest BCUT2D eigenvalue weighted by Gasteiger charge is -2.20. The van der Waals surface area contributed by atoms with E-state index in [-0.39, 0.29) is 0 Å². The summed E-state index contributed by atoms with van der Waals surface area (Å²) in [5, 5.41) is 3.40. The summed E-state index contributed by atoms with van der Waals surface area (Å²) in [7, 11) is 0. The molecule has 104 valence electrons. The molecule has 5 nitrogen and oxygen atoms in total. The first kappa shape index (κ1) is 12.9. The van der Waals surface area contributed by atoms with Crippen LogP contribution in [0.1, 0.15) is 29.7 Å². The van der Waals surface area contributed by atoms with Crippen molar-refractivity contribution in [2.24, 2.45) is 5.84 Å². The Morgan fingerprint density at radius 3 is 2.85 bits per heavy atom. The van der Waals surface area contributed by atoms with E-state index in [1.807, 2.05) is 13.0 Å². The van der Waals surface area contributed by atoms with E-state index in [2.05, 4.69) is 38.9 Å². The number of aryl methyl sites for hydroxylation is 2. The van der Waals surface area contributed by atoms with Gasteiger partial charge in [0, 0.05) is 17.4 Å². The smallest absolute Gasteiger partial charge is 0.239 e.